The van der Waals surface area contributed by atoms with Crippen molar-refractivity contribution in [2.75, 3.05) is 20.6 Å². The average Bonchev–Trinajstić information content (AvgIpc) is 2.84. The lowest BCUT2D eigenvalue weighted by atomic mass is 10.3. The van der Waals surface area contributed by atoms with Crippen molar-refractivity contribution in [2.24, 2.45) is 5.92 Å². The second kappa shape index (κ2) is 4.92. The molecule has 0 radical (unpaired) electrons. The molecule has 17 heavy (non-hydrogen) atoms. The van der Waals surface area contributed by atoms with E-state index in [4.69, 9.17) is 4.42 Å². The Morgan fingerprint density at radius 1 is 1.59 bits per heavy atom. The van der Waals surface area contributed by atoms with Gasteiger partial charge in [-0.05, 0) is 31.5 Å². The fourth-order valence-corrected chi connectivity index (χ4v) is 2.01. The maximum Gasteiger partial charge on any atom is 0.236 e. The van der Waals surface area contributed by atoms with E-state index in [2.05, 4.69) is 12.2 Å². The maximum absolute atomic E-state index is 11.6. The van der Waals surface area contributed by atoms with Crippen molar-refractivity contribution >= 4 is 5.91 Å². The highest BCUT2D eigenvalue weighted by Crippen LogP contribution is 2.47. The predicted octanol–water partition coefficient (Wildman–Crippen LogP) is 1.58. The third-order valence-corrected chi connectivity index (χ3v) is 3.30. The molecule has 2 unspecified atom stereocenters. The highest BCUT2D eigenvalue weighted by atomic mass is 16.3. The van der Waals surface area contributed by atoms with Crippen LogP contribution >= 0.6 is 0 Å². The second-order valence-electron chi connectivity index (χ2n) is 4.90. The van der Waals surface area contributed by atoms with Gasteiger partial charge in [-0.2, -0.15) is 0 Å². The number of carbonyl (C=O) groups excluding carboxylic acids is 1. The van der Waals surface area contributed by atoms with Crippen LogP contribution in [0.25, 0.3) is 0 Å². The zero-order valence-corrected chi connectivity index (χ0v) is 10.7. The van der Waals surface area contributed by atoms with Gasteiger partial charge in [0.25, 0.3) is 0 Å². The number of nitrogens with one attached hydrogen (secondary N) is 1. The molecule has 0 spiro atoms. The predicted molar refractivity (Wildman–Crippen MR) is 65.6 cm³/mol. The molecule has 0 saturated heterocycles. The molecule has 1 aliphatic rings. The van der Waals surface area contributed by atoms with Crippen LogP contribution in [0.2, 0.25) is 0 Å². The topological polar surface area (TPSA) is 45.5 Å². The molecule has 0 aromatic carbocycles. The highest BCUT2D eigenvalue weighted by Gasteiger charge is 2.36. The molecule has 1 N–H and O–H groups in total. The molecule has 1 aliphatic carbocycles. The van der Waals surface area contributed by atoms with Gasteiger partial charge in [0.05, 0.1) is 13.1 Å². The van der Waals surface area contributed by atoms with Gasteiger partial charge in [0.15, 0.2) is 0 Å². The van der Waals surface area contributed by atoms with Crippen LogP contribution in [-0.4, -0.2) is 31.4 Å². The molecule has 1 heterocycles. The monoisotopic (exact) mass is 236 g/mol. The summed E-state index contributed by atoms with van der Waals surface area (Å²) in [5, 5.41) is 2.85. The fourth-order valence-electron chi connectivity index (χ4n) is 2.01. The lowest BCUT2D eigenvalue weighted by Crippen LogP contribution is -2.33. The molecule has 0 aliphatic heterocycles. The number of likely N-dealkylation sites (N-methyl/N-ethyl adjacent to an activating group) is 2. The fraction of sp³-hybridized carbons (Fsp3) is 0.615. The van der Waals surface area contributed by atoms with E-state index in [1.165, 1.54) is 6.42 Å². The minimum Gasteiger partial charge on any atom is -0.464 e. The molecule has 1 aromatic rings. The Bertz CT molecular complexity index is 400. The molecular formula is C13H20N2O2. The van der Waals surface area contributed by atoms with Crippen LogP contribution in [0.4, 0.5) is 0 Å². The quantitative estimate of drug-likeness (QED) is 0.844. The Hall–Kier alpha value is -1.29. The SMILES string of the molecule is CNCC(=O)N(C)Cc1ccc(C2CC2C)o1. The van der Waals surface area contributed by atoms with Crippen molar-refractivity contribution in [3.05, 3.63) is 23.7 Å². The van der Waals surface area contributed by atoms with Crippen LogP contribution in [0.5, 0.6) is 0 Å². The number of amides is 1. The normalized spacial score (nSPS) is 22.5. The molecule has 2 rings (SSSR count). The van der Waals surface area contributed by atoms with Crippen molar-refractivity contribution < 1.29 is 9.21 Å². The van der Waals surface area contributed by atoms with Gasteiger partial charge < -0.3 is 14.6 Å². The van der Waals surface area contributed by atoms with Crippen molar-refractivity contribution in [1.82, 2.24) is 10.2 Å². The Morgan fingerprint density at radius 2 is 2.29 bits per heavy atom. The van der Waals surface area contributed by atoms with Crippen LogP contribution in [0.15, 0.2) is 16.5 Å². The minimum atomic E-state index is 0.0743. The van der Waals surface area contributed by atoms with E-state index in [1.807, 2.05) is 12.1 Å². The Morgan fingerprint density at radius 3 is 2.88 bits per heavy atom. The van der Waals surface area contributed by atoms with Crippen LogP contribution in [-0.2, 0) is 11.3 Å². The summed E-state index contributed by atoms with van der Waals surface area (Å²) in [4.78, 5) is 13.3. The summed E-state index contributed by atoms with van der Waals surface area (Å²) < 4.78 is 5.76. The molecular weight excluding hydrogens is 216 g/mol. The first-order chi connectivity index (χ1) is 8.11. The lowest BCUT2D eigenvalue weighted by molar-refractivity contribution is -0.129. The van der Waals surface area contributed by atoms with E-state index in [0.29, 0.717) is 19.0 Å². The van der Waals surface area contributed by atoms with E-state index in [0.717, 1.165) is 17.4 Å². The number of furan rings is 1. The largest absolute Gasteiger partial charge is 0.464 e. The minimum absolute atomic E-state index is 0.0743. The molecule has 4 nitrogen and oxygen atoms in total. The summed E-state index contributed by atoms with van der Waals surface area (Å²) in [5.74, 6) is 3.36. The molecule has 94 valence electrons. The first kappa shape index (κ1) is 12.2. The van der Waals surface area contributed by atoms with Gasteiger partial charge >= 0.3 is 0 Å². The van der Waals surface area contributed by atoms with E-state index in [-0.39, 0.29) is 5.91 Å². The number of rotatable bonds is 5. The summed E-state index contributed by atoms with van der Waals surface area (Å²) in [6.45, 7) is 3.14. The Balaban J connectivity index is 1.90. The van der Waals surface area contributed by atoms with Gasteiger partial charge in [-0.1, -0.05) is 6.92 Å². The van der Waals surface area contributed by atoms with Gasteiger partial charge in [-0.3, -0.25) is 4.79 Å². The number of carbonyl (C=O) groups is 1. The van der Waals surface area contributed by atoms with E-state index >= 15 is 0 Å². The molecule has 1 amide bonds. The maximum atomic E-state index is 11.6. The average molecular weight is 236 g/mol. The Kier molecular flexibility index (Phi) is 3.52. The first-order valence-electron chi connectivity index (χ1n) is 6.09. The zero-order valence-electron chi connectivity index (χ0n) is 10.7. The van der Waals surface area contributed by atoms with Crippen molar-refractivity contribution in [3.8, 4) is 0 Å². The molecule has 0 bridgehead atoms. The molecule has 2 atom stereocenters. The second-order valence-corrected chi connectivity index (χ2v) is 4.90. The molecule has 1 fully saturated rings. The number of hydrogen-bond donors (Lipinski definition) is 1. The summed E-state index contributed by atoms with van der Waals surface area (Å²) in [6.07, 6.45) is 1.22. The number of hydrogen-bond acceptors (Lipinski definition) is 3. The van der Waals surface area contributed by atoms with E-state index in [9.17, 15) is 4.79 Å². The third-order valence-electron chi connectivity index (χ3n) is 3.30. The summed E-state index contributed by atoms with van der Waals surface area (Å²) in [5.41, 5.74) is 0. The van der Waals surface area contributed by atoms with Crippen LogP contribution < -0.4 is 5.32 Å². The third kappa shape index (κ3) is 2.88. The van der Waals surface area contributed by atoms with Crippen molar-refractivity contribution in [2.45, 2.75) is 25.8 Å². The molecule has 1 aromatic heterocycles. The highest BCUT2D eigenvalue weighted by molar-refractivity contribution is 5.77. The smallest absolute Gasteiger partial charge is 0.236 e. The summed E-state index contributed by atoms with van der Waals surface area (Å²) in [6, 6.07) is 4.02. The van der Waals surface area contributed by atoms with E-state index < -0.39 is 0 Å². The van der Waals surface area contributed by atoms with Gasteiger partial charge in [-0.25, -0.2) is 0 Å². The Labute approximate surface area is 102 Å². The lowest BCUT2D eigenvalue weighted by Gasteiger charge is -2.15. The van der Waals surface area contributed by atoms with Gasteiger partial charge in [0.1, 0.15) is 11.5 Å². The van der Waals surface area contributed by atoms with Crippen molar-refractivity contribution in [3.63, 3.8) is 0 Å². The molecule has 1 saturated carbocycles. The van der Waals surface area contributed by atoms with Gasteiger partial charge in [-0.15, -0.1) is 0 Å². The first-order valence-corrected chi connectivity index (χ1v) is 6.09. The van der Waals surface area contributed by atoms with E-state index in [1.54, 1.807) is 19.0 Å². The standard InChI is InChI=1S/C13H20N2O2/c1-9-6-11(9)12-5-4-10(17-12)8-15(3)13(16)7-14-2/h4-5,9,11,14H,6-8H2,1-3H3. The van der Waals surface area contributed by atoms with Crippen molar-refractivity contribution in [1.29, 1.82) is 0 Å². The van der Waals surface area contributed by atoms with Crippen LogP contribution in [0, 0.1) is 5.92 Å². The van der Waals surface area contributed by atoms with Gasteiger partial charge in [0, 0.05) is 13.0 Å². The van der Waals surface area contributed by atoms with Crippen LogP contribution in [0.1, 0.15) is 30.8 Å². The summed E-state index contributed by atoms with van der Waals surface area (Å²) >= 11 is 0. The van der Waals surface area contributed by atoms with Gasteiger partial charge in [0.2, 0.25) is 5.91 Å². The number of nitrogens with zero attached hydrogens (tertiary/aromatic N) is 1. The van der Waals surface area contributed by atoms with Crippen LogP contribution in [0.3, 0.4) is 0 Å². The zero-order chi connectivity index (χ0) is 12.4. The molecule has 4 heteroatoms. The summed E-state index contributed by atoms with van der Waals surface area (Å²) in [7, 11) is 3.56.